The minimum Gasteiger partial charge on any atom is -0.497 e. The minimum absolute atomic E-state index is 0.165. The van der Waals surface area contributed by atoms with Crippen LogP contribution in [-0.2, 0) is 0 Å². The van der Waals surface area contributed by atoms with E-state index in [9.17, 15) is 0 Å². The van der Waals surface area contributed by atoms with Gasteiger partial charge in [-0.15, -0.1) is 11.6 Å². The van der Waals surface area contributed by atoms with Crippen LogP contribution in [-0.4, -0.2) is 7.11 Å². The highest BCUT2D eigenvalue weighted by molar-refractivity contribution is 9.10. The number of hydrogen-bond donors (Lipinski definition) is 0. The highest BCUT2D eigenvalue weighted by atomic mass is 79.9. The second-order valence-electron chi connectivity index (χ2n) is 4.60. The molecule has 0 radical (unpaired) electrons. The van der Waals surface area contributed by atoms with Gasteiger partial charge in [0.25, 0.3) is 0 Å². The molecule has 100 valence electrons. The van der Waals surface area contributed by atoms with Crippen LogP contribution in [0.2, 0.25) is 0 Å². The number of ether oxygens (including phenoxy) is 1. The number of alkyl halides is 1. The van der Waals surface area contributed by atoms with Crippen molar-refractivity contribution >= 4 is 27.5 Å². The van der Waals surface area contributed by atoms with E-state index in [1.807, 2.05) is 24.3 Å². The summed E-state index contributed by atoms with van der Waals surface area (Å²) in [6.07, 6.45) is 0. The molecule has 1 atom stereocenters. The fraction of sp³-hybridized carbons (Fsp3) is 0.250. The zero-order valence-electron chi connectivity index (χ0n) is 11.2. The molecule has 19 heavy (non-hydrogen) atoms. The van der Waals surface area contributed by atoms with Gasteiger partial charge in [0.05, 0.1) is 12.5 Å². The van der Waals surface area contributed by atoms with E-state index in [-0.39, 0.29) is 5.38 Å². The van der Waals surface area contributed by atoms with Crippen molar-refractivity contribution in [2.45, 2.75) is 19.2 Å². The van der Waals surface area contributed by atoms with Crippen LogP contribution in [0.4, 0.5) is 0 Å². The summed E-state index contributed by atoms with van der Waals surface area (Å²) >= 11 is 10.2. The van der Waals surface area contributed by atoms with Crippen molar-refractivity contribution in [1.29, 1.82) is 0 Å². The first kappa shape index (κ1) is 14.4. The molecule has 0 saturated carbocycles. The van der Waals surface area contributed by atoms with Crippen molar-refractivity contribution in [2.75, 3.05) is 7.11 Å². The second-order valence-corrected chi connectivity index (χ2v) is 5.89. The fourth-order valence-electron chi connectivity index (χ4n) is 2.06. The van der Waals surface area contributed by atoms with Crippen LogP contribution >= 0.6 is 27.5 Å². The van der Waals surface area contributed by atoms with Gasteiger partial charge in [0.2, 0.25) is 0 Å². The Hall–Kier alpha value is -0.990. The van der Waals surface area contributed by atoms with Crippen LogP contribution in [0.5, 0.6) is 5.75 Å². The lowest BCUT2D eigenvalue weighted by Crippen LogP contribution is -1.98. The van der Waals surface area contributed by atoms with Gasteiger partial charge in [-0.05, 0) is 54.3 Å². The van der Waals surface area contributed by atoms with Gasteiger partial charge in [-0.3, -0.25) is 0 Å². The zero-order chi connectivity index (χ0) is 14.0. The molecule has 1 unspecified atom stereocenters. The molecule has 0 heterocycles. The van der Waals surface area contributed by atoms with Gasteiger partial charge in [0.1, 0.15) is 5.75 Å². The van der Waals surface area contributed by atoms with Crippen LogP contribution < -0.4 is 4.74 Å². The third-order valence-corrected chi connectivity index (χ3v) is 4.55. The number of hydrogen-bond acceptors (Lipinski definition) is 1. The third-order valence-electron chi connectivity index (χ3n) is 3.21. The molecule has 0 saturated heterocycles. The topological polar surface area (TPSA) is 9.23 Å². The molecule has 2 rings (SSSR count). The summed E-state index contributed by atoms with van der Waals surface area (Å²) < 4.78 is 6.36. The zero-order valence-corrected chi connectivity index (χ0v) is 13.5. The second kappa shape index (κ2) is 5.98. The SMILES string of the molecule is COc1cccc(C(Cl)c2cc(C)c(Br)cc2C)c1. The Kier molecular flexibility index (Phi) is 4.54. The molecular formula is C16H16BrClO. The van der Waals surface area contributed by atoms with Crippen LogP contribution in [0.1, 0.15) is 27.6 Å². The van der Waals surface area contributed by atoms with Crippen molar-refractivity contribution < 1.29 is 4.74 Å². The predicted octanol–water partition coefficient (Wildman–Crippen LogP) is 5.40. The number of benzene rings is 2. The summed E-state index contributed by atoms with van der Waals surface area (Å²) in [7, 11) is 1.66. The Morgan fingerprint density at radius 1 is 1.11 bits per heavy atom. The maximum Gasteiger partial charge on any atom is 0.119 e. The van der Waals surface area contributed by atoms with Crippen LogP contribution in [0.15, 0.2) is 40.9 Å². The normalized spacial score (nSPS) is 12.3. The average molecular weight is 340 g/mol. The number of methoxy groups -OCH3 is 1. The lowest BCUT2D eigenvalue weighted by Gasteiger charge is -2.16. The highest BCUT2D eigenvalue weighted by Gasteiger charge is 2.15. The van der Waals surface area contributed by atoms with Crippen molar-refractivity contribution in [3.63, 3.8) is 0 Å². The van der Waals surface area contributed by atoms with Crippen molar-refractivity contribution in [3.8, 4) is 5.75 Å². The summed E-state index contributed by atoms with van der Waals surface area (Å²) in [5.41, 5.74) is 4.55. The van der Waals surface area contributed by atoms with E-state index in [0.717, 1.165) is 21.3 Å². The fourth-order valence-corrected chi connectivity index (χ4v) is 2.88. The average Bonchev–Trinajstić information content (AvgIpc) is 2.42. The van der Waals surface area contributed by atoms with Crippen LogP contribution in [0, 0.1) is 13.8 Å². The Morgan fingerprint density at radius 2 is 1.84 bits per heavy atom. The van der Waals surface area contributed by atoms with E-state index in [0.29, 0.717) is 0 Å². The van der Waals surface area contributed by atoms with E-state index >= 15 is 0 Å². The molecular weight excluding hydrogens is 324 g/mol. The summed E-state index contributed by atoms with van der Waals surface area (Å²) in [5, 5.41) is -0.165. The smallest absolute Gasteiger partial charge is 0.119 e. The molecule has 0 aromatic heterocycles. The Morgan fingerprint density at radius 3 is 2.53 bits per heavy atom. The predicted molar refractivity (Wildman–Crippen MR) is 84.3 cm³/mol. The van der Waals surface area contributed by atoms with Gasteiger partial charge in [0, 0.05) is 4.47 Å². The van der Waals surface area contributed by atoms with E-state index in [2.05, 4.69) is 41.9 Å². The Balaban J connectivity index is 2.43. The molecule has 0 spiro atoms. The van der Waals surface area contributed by atoms with Gasteiger partial charge in [-0.2, -0.15) is 0 Å². The minimum atomic E-state index is -0.165. The number of rotatable bonds is 3. The standard InChI is InChI=1S/C16H16BrClO/c1-10-8-15(17)11(2)7-14(10)16(18)12-5-4-6-13(9-12)19-3/h4-9,16H,1-3H3. The monoisotopic (exact) mass is 338 g/mol. The lowest BCUT2D eigenvalue weighted by atomic mass is 9.98. The first-order chi connectivity index (χ1) is 9.02. The summed E-state index contributed by atoms with van der Waals surface area (Å²) in [6, 6.07) is 12.1. The lowest BCUT2D eigenvalue weighted by molar-refractivity contribution is 0.414. The highest BCUT2D eigenvalue weighted by Crippen LogP contribution is 2.34. The maximum atomic E-state index is 6.62. The van der Waals surface area contributed by atoms with E-state index in [4.69, 9.17) is 16.3 Å². The van der Waals surface area contributed by atoms with Crippen molar-refractivity contribution in [1.82, 2.24) is 0 Å². The summed E-state index contributed by atoms with van der Waals surface area (Å²) in [4.78, 5) is 0. The van der Waals surface area contributed by atoms with Crippen LogP contribution in [0.3, 0.4) is 0 Å². The first-order valence-electron chi connectivity index (χ1n) is 6.07. The molecule has 0 bridgehead atoms. The van der Waals surface area contributed by atoms with Crippen molar-refractivity contribution in [2.24, 2.45) is 0 Å². The number of aryl methyl sites for hydroxylation is 2. The van der Waals surface area contributed by atoms with E-state index in [1.165, 1.54) is 11.1 Å². The third kappa shape index (κ3) is 3.13. The van der Waals surface area contributed by atoms with Crippen LogP contribution in [0.25, 0.3) is 0 Å². The Labute approximate surface area is 127 Å². The molecule has 0 fully saturated rings. The van der Waals surface area contributed by atoms with Gasteiger partial charge in [-0.25, -0.2) is 0 Å². The molecule has 0 aliphatic heterocycles. The summed E-state index contributed by atoms with van der Waals surface area (Å²) in [6.45, 7) is 4.15. The molecule has 0 aliphatic rings. The Bertz CT molecular complexity index is 595. The summed E-state index contributed by atoms with van der Waals surface area (Å²) in [5.74, 6) is 0.828. The molecule has 0 amide bonds. The first-order valence-corrected chi connectivity index (χ1v) is 7.30. The van der Waals surface area contributed by atoms with E-state index < -0.39 is 0 Å². The van der Waals surface area contributed by atoms with Crippen molar-refractivity contribution in [3.05, 3.63) is 63.1 Å². The van der Waals surface area contributed by atoms with Gasteiger partial charge in [-0.1, -0.05) is 34.1 Å². The van der Waals surface area contributed by atoms with E-state index in [1.54, 1.807) is 7.11 Å². The molecule has 2 aromatic carbocycles. The molecule has 2 aromatic rings. The molecule has 3 heteroatoms. The molecule has 0 N–H and O–H groups in total. The van der Waals surface area contributed by atoms with Gasteiger partial charge in [0.15, 0.2) is 0 Å². The molecule has 0 aliphatic carbocycles. The van der Waals surface area contributed by atoms with Gasteiger partial charge >= 0.3 is 0 Å². The van der Waals surface area contributed by atoms with Gasteiger partial charge < -0.3 is 4.74 Å². The number of halogens is 2. The largest absolute Gasteiger partial charge is 0.497 e. The quantitative estimate of drug-likeness (QED) is 0.680. The molecule has 1 nitrogen and oxygen atoms in total. The maximum absolute atomic E-state index is 6.62.